The first kappa shape index (κ1) is 13.0. The van der Waals surface area contributed by atoms with E-state index in [9.17, 15) is 10.4 Å². The molecule has 0 radical (unpaired) electrons. The summed E-state index contributed by atoms with van der Waals surface area (Å²) in [5.74, 6) is -1.52. The van der Waals surface area contributed by atoms with E-state index < -0.39 is 11.4 Å². The van der Waals surface area contributed by atoms with Crippen LogP contribution < -0.4 is 0 Å². The third-order valence-electron chi connectivity index (χ3n) is 3.72. The smallest absolute Gasteiger partial charge is 0.392 e. The monoisotopic (exact) mass is 250 g/mol. The molecule has 0 aliphatic carbocycles. The van der Waals surface area contributed by atoms with Crippen LogP contribution >= 0.6 is 0 Å². The van der Waals surface area contributed by atoms with Gasteiger partial charge in [0.2, 0.25) is 0 Å². The minimum Gasteiger partial charge on any atom is -0.620 e. The maximum Gasteiger partial charge on any atom is 0.392 e. The fourth-order valence-corrected chi connectivity index (χ4v) is 2.28. The summed E-state index contributed by atoms with van der Waals surface area (Å²) >= 11 is 0. The molecule has 1 unspecified atom stereocenters. The maximum absolute atomic E-state index is 12.4. The molecule has 0 spiro atoms. The van der Waals surface area contributed by atoms with Crippen molar-refractivity contribution in [1.29, 1.82) is 0 Å². The Morgan fingerprint density at radius 3 is 2.22 bits per heavy atom. The molecule has 1 aromatic carbocycles. The average Bonchev–Trinajstić information content (AvgIpc) is 2.51. The van der Waals surface area contributed by atoms with Crippen molar-refractivity contribution in [2.75, 3.05) is 7.11 Å². The van der Waals surface area contributed by atoms with Crippen molar-refractivity contribution in [2.45, 2.75) is 32.2 Å². The van der Waals surface area contributed by atoms with Crippen LogP contribution in [0.2, 0.25) is 0 Å². The lowest BCUT2D eigenvalue weighted by atomic mass is 10.00. The van der Waals surface area contributed by atoms with Gasteiger partial charge in [-0.3, -0.25) is 0 Å². The van der Waals surface area contributed by atoms with Gasteiger partial charge in [0.25, 0.3) is 0 Å². The molecule has 1 aliphatic rings. The first-order valence-electron chi connectivity index (χ1n) is 5.80. The van der Waals surface area contributed by atoms with Crippen LogP contribution in [0.15, 0.2) is 30.3 Å². The lowest BCUT2D eigenvalue weighted by Crippen LogP contribution is -2.53. The Labute approximate surface area is 106 Å². The van der Waals surface area contributed by atoms with Gasteiger partial charge in [-0.25, -0.2) is 0 Å². The highest BCUT2D eigenvalue weighted by Crippen LogP contribution is 2.40. The van der Waals surface area contributed by atoms with Crippen LogP contribution in [-0.4, -0.2) is 33.4 Å². The van der Waals surface area contributed by atoms with Crippen molar-refractivity contribution in [3.05, 3.63) is 41.1 Å². The summed E-state index contributed by atoms with van der Waals surface area (Å²) in [4.78, 5) is 0. The van der Waals surface area contributed by atoms with Gasteiger partial charge < -0.3 is 15.2 Å². The SMILES string of the molecule is COC1(c2ccccc2)N(O)C(C)(C)C(C)=[N+]1[O-]. The molecule has 0 saturated heterocycles. The van der Waals surface area contributed by atoms with Crippen LogP contribution in [0.4, 0.5) is 0 Å². The second-order valence-corrected chi connectivity index (χ2v) is 4.93. The highest BCUT2D eigenvalue weighted by molar-refractivity contribution is 5.87. The molecule has 18 heavy (non-hydrogen) atoms. The van der Waals surface area contributed by atoms with Gasteiger partial charge in [-0.1, -0.05) is 23.3 Å². The first-order valence-corrected chi connectivity index (χ1v) is 5.80. The van der Waals surface area contributed by atoms with Crippen LogP contribution in [-0.2, 0) is 10.6 Å². The van der Waals surface area contributed by atoms with Crippen molar-refractivity contribution in [1.82, 2.24) is 5.06 Å². The lowest BCUT2D eigenvalue weighted by Gasteiger charge is -2.33. The van der Waals surface area contributed by atoms with Gasteiger partial charge in [0, 0.05) is 14.0 Å². The quantitative estimate of drug-likeness (QED) is 0.643. The maximum atomic E-state index is 12.4. The van der Waals surface area contributed by atoms with Crippen molar-refractivity contribution in [3.63, 3.8) is 0 Å². The highest BCUT2D eigenvalue weighted by Gasteiger charge is 2.62. The molecule has 5 nitrogen and oxygen atoms in total. The molecule has 0 bridgehead atoms. The summed E-state index contributed by atoms with van der Waals surface area (Å²) in [6, 6.07) is 8.97. The number of hydroxylamine groups is 3. The second kappa shape index (κ2) is 4.05. The van der Waals surface area contributed by atoms with Crippen molar-refractivity contribution in [2.24, 2.45) is 0 Å². The molecule has 0 amide bonds. The minimum atomic E-state index is -1.52. The minimum absolute atomic E-state index is 0.496. The van der Waals surface area contributed by atoms with Crippen molar-refractivity contribution in [3.8, 4) is 0 Å². The predicted octanol–water partition coefficient (Wildman–Crippen LogP) is 1.90. The van der Waals surface area contributed by atoms with E-state index in [-0.39, 0.29) is 0 Å². The summed E-state index contributed by atoms with van der Waals surface area (Å²) in [6.07, 6.45) is 0. The normalized spacial score (nSPS) is 27.8. The molecular formula is C13H18N2O3. The number of hydrogen-bond donors (Lipinski definition) is 1. The van der Waals surface area contributed by atoms with E-state index in [1.165, 1.54) is 7.11 Å². The third kappa shape index (κ3) is 1.41. The predicted molar refractivity (Wildman–Crippen MR) is 67.1 cm³/mol. The molecule has 1 atom stereocenters. The number of methoxy groups -OCH3 is 1. The van der Waals surface area contributed by atoms with E-state index in [2.05, 4.69) is 0 Å². The Hall–Kier alpha value is -1.43. The summed E-state index contributed by atoms with van der Waals surface area (Å²) in [5, 5.41) is 23.8. The van der Waals surface area contributed by atoms with Crippen LogP contribution in [0.25, 0.3) is 0 Å². The number of ether oxygens (including phenoxy) is 1. The molecule has 5 heteroatoms. The second-order valence-electron chi connectivity index (χ2n) is 4.93. The number of hydrogen-bond acceptors (Lipinski definition) is 4. The molecule has 1 N–H and O–H groups in total. The van der Waals surface area contributed by atoms with Crippen LogP contribution in [0.1, 0.15) is 26.3 Å². The third-order valence-corrected chi connectivity index (χ3v) is 3.72. The van der Waals surface area contributed by atoms with Crippen LogP contribution in [0, 0.1) is 5.21 Å². The zero-order valence-electron chi connectivity index (χ0n) is 11.0. The molecular weight excluding hydrogens is 232 g/mol. The molecule has 1 aliphatic heterocycles. The van der Waals surface area contributed by atoms with Gasteiger partial charge in [-0.05, 0) is 26.0 Å². The molecule has 0 saturated carbocycles. The van der Waals surface area contributed by atoms with E-state index >= 15 is 0 Å². The lowest BCUT2D eigenvalue weighted by molar-refractivity contribution is -0.667. The summed E-state index contributed by atoms with van der Waals surface area (Å²) in [6.45, 7) is 5.24. The number of rotatable bonds is 2. The topological polar surface area (TPSA) is 58.8 Å². The Balaban J connectivity index is 2.66. The molecule has 1 heterocycles. The molecule has 2 rings (SSSR count). The Bertz CT molecular complexity index is 484. The zero-order valence-corrected chi connectivity index (χ0v) is 11.0. The Morgan fingerprint density at radius 2 is 1.83 bits per heavy atom. The summed E-state index contributed by atoms with van der Waals surface area (Å²) < 4.78 is 6.11. The number of benzene rings is 1. The van der Waals surface area contributed by atoms with Gasteiger partial charge in [-0.15, -0.1) is 0 Å². The fourth-order valence-electron chi connectivity index (χ4n) is 2.28. The van der Waals surface area contributed by atoms with E-state index in [0.717, 1.165) is 9.80 Å². The summed E-state index contributed by atoms with van der Waals surface area (Å²) in [5.41, 5.74) is 0.304. The van der Waals surface area contributed by atoms with Gasteiger partial charge in [-0.2, -0.15) is 4.74 Å². The Kier molecular flexibility index (Phi) is 2.93. The standard InChI is InChI=1S/C13H18N2O3/c1-10-12(2,3)15(17)13(18-4,14(10)16)11-8-6-5-7-9-11/h5-9,17H,1-4H3. The summed E-state index contributed by atoms with van der Waals surface area (Å²) in [7, 11) is 1.41. The van der Waals surface area contributed by atoms with Gasteiger partial charge >= 0.3 is 5.85 Å². The van der Waals surface area contributed by atoms with Crippen molar-refractivity contribution < 1.29 is 14.7 Å². The van der Waals surface area contributed by atoms with E-state index in [1.807, 2.05) is 6.07 Å². The molecule has 1 aromatic rings. The van der Waals surface area contributed by atoms with Gasteiger partial charge in [0.15, 0.2) is 5.71 Å². The van der Waals surface area contributed by atoms with Crippen molar-refractivity contribution >= 4 is 5.71 Å². The zero-order chi connectivity index (χ0) is 13.6. The number of nitrogens with zero attached hydrogens (tertiary/aromatic N) is 2. The van der Waals surface area contributed by atoms with E-state index in [1.54, 1.807) is 45.0 Å². The molecule has 0 aromatic heterocycles. The van der Waals surface area contributed by atoms with Gasteiger partial charge in [0.05, 0.1) is 5.56 Å². The van der Waals surface area contributed by atoms with E-state index in [0.29, 0.717) is 11.3 Å². The Morgan fingerprint density at radius 1 is 1.28 bits per heavy atom. The largest absolute Gasteiger partial charge is 0.620 e. The fraction of sp³-hybridized carbons (Fsp3) is 0.462. The van der Waals surface area contributed by atoms with Crippen LogP contribution in [0.3, 0.4) is 0 Å². The average molecular weight is 250 g/mol. The van der Waals surface area contributed by atoms with Crippen LogP contribution in [0.5, 0.6) is 0 Å². The highest BCUT2D eigenvalue weighted by atomic mass is 16.7. The molecule has 98 valence electrons. The van der Waals surface area contributed by atoms with E-state index in [4.69, 9.17) is 4.74 Å². The first-order chi connectivity index (χ1) is 8.39. The van der Waals surface area contributed by atoms with Gasteiger partial charge in [0.1, 0.15) is 5.54 Å². The molecule has 0 fully saturated rings.